The summed E-state index contributed by atoms with van der Waals surface area (Å²) in [6.07, 6.45) is 1.64. The van der Waals surface area contributed by atoms with Gasteiger partial charge >= 0.3 is 5.63 Å². The van der Waals surface area contributed by atoms with Crippen LogP contribution in [0.1, 0.15) is 44.2 Å². The minimum Gasteiger partial charge on any atom is -0.550 e. The predicted molar refractivity (Wildman–Crippen MR) is 103 cm³/mol. The lowest BCUT2D eigenvalue weighted by Crippen LogP contribution is -2.33. The summed E-state index contributed by atoms with van der Waals surface area (Å²) in [6, 6.07) is 3.12. The number of rotatable bonds is 7. The number of carboxylic acids is 1. The van der Waals surface area contributed by atoms with Gasteiger partial charge < -0.3 is 29.1 Å². The Morgan fingerprint density at radius 1 is 1.31 bits per heavy atom. The first-order valence-electron chi connectivity index (χ1n) is 9.55. The number of aryl methyl sites for hydroxylation is 2. The molecule has 1 aliphatic rings. The quantitative estimate of drug-likeness (QED) is 0.547. The first-order chi connectivity index (χ1) is 13.7. The molecule has 1 N–H and O–H groups in total. The summed E-state index contributed by atoms with van der Waals surface area (Å²) in [6.45, 7) is 5.69. The molecular formula is C21H24NO7-. The minimum absolute atomic E-state index is 0.123. The number of benzene rings is 1. The van der Waals surface area contributed by atoms with Crippen LogP contribution in [0.4, 0.5) is 0 Å². The zero-order chi connectivity index (χ0) is 21.2. The zero-order valence-corrected chi connectivity index (χ0v) is 16.8. The van der Waals surface area contributed by atoms with Crippen molar-refractivity contribution in [1.82, 2.24) is 5.32 Å². The van der Waals surface area contributed by atoms with Gasteiger partial charge in [-0.15, -0.1) is 0 Å². The van der Waals surface area contributed by atoms with Crippen LogP contribution in [0, 0.1) is 6.92 Å². The summed E-state index contributed by atoms with van der Waals surface area (Å²) < 4.78 is 17.3. The van der Waals surface area contributed by atoms with Crippen LogP contribution in [0.25, 0.3) is 11.0 Å². The summed E-state index contributed by atoms with van der Waals surface area (Å²) in [5.41, 5.74) is 1.11. The number of carbonyl (C=O) groups excluding carboxylic acids is 2. The van der Waals surface area contributed by atoms with Gasteiger partial charge in [0.1, 0.15) is 22.7 Å². The molecular weight excluding hydrogens is 378 g/mol. The van der Waals surface area contributed by atoms with Crippen molar-refractivity contribution in [3.63, 3.8) is 0 Å². The second kappa shape index (κ2) is 8.14. The van der Waals surface area contributed by atoms with Gasteiger partial charge in [0.15, 0.2) is 6.61 Å². The summed E-state index contributed by atoms with van der Waals surface area (Å²) in [5.74, 6) is -0.573. The Balaban J connectivity index is 1.85. The second-order valence-corrected chi connectivity index (χ2v) is 7.78. The Labute approximate surface area is 167 Å². The van der Waals surface area contributed by atoms with E-state index >= 15 is 0 Å². The van der Waals surface area contributed by atoms with Gasteiger partial charge in [0.25, 0.3) is 5.91 Å². The van der Waals surface area contributed by atoms with Crippen molar-refractivity contribution in [2.75, 3.05) is 13.2 Å². The lowest BCUT2D eigenvalue weighted by atomic mass is 9.92. The van der Waals surface area contributed by atoms with Crippen molar-refractivity contribution in [3.8, 4) is 11.5 Å². The van der Waals surface area contributed by atoms with Crippen LogP contribution in [-0.2, 0) is 16.0 Å². The van der Waals surface area contributed by atoms with Crippen LogP contribution in [0.3, 0.4) is 0 Å². The van der Waals surface area contributed by atoms with Crippen molar-refractivity contribution in [1.29, 1.82) is 0 Å². The number of fused-ring (bicyclic) bond motifs is 3. The highest BCUT2D eigenvalue weighted by Gasteiger charge is 2.30. The standard InChI is InChI=1S/C21H25NO7/c1-12-9-18(26)28-20-13-6-7-21(2,3)29-14(13)10-15(19(12)20)27-11-16(23)22-8-4-5-17(24)25/h9-10H,4-8,11H2,1-3H3,(H,22,23)(H,24,25)/p-1. The maximum absolute atomic E-state index is 12.0. The maximum Gasteiger partial charge on any atom is 0.336 e. The van der Waals surface area contributed by atoms with E-state index in [1.807, 2.05) is 13.8 Å². The number of carboxylic acid groups (broad SMARTS) is 1. The molecule has 0 bridgehead atoms. The number of nitrogens with one attached hydrogen (secondary N) is 1. The highest BCUT2D eigenvalue weighted by molar-refractivity contribution is 5.91. The van der Waals surface area contributed by atoms with E-state index in [0.29, 0.717) is 34.5 Å². The molecule has 1 aromatic heterocycles. The molecule has 1 amide bonds. The van der Waals surface area contributed by atoms with Crippen molar-refractivity contribution >= 4 is 22.8 Å². The number of aliphatic carboxylic acids is 1. The molecule has 8 nitrogen and oxygen atoms in total. The van der Waals surface area contributed by atoms with Crippen LogP contribution in [0.15, 0.2) is 21.3 Å². The van der Waals surface area contributed by atoms with E-state index in [1.165, 1.54) is 6.07 Å². The van der Waals surface area contributed by atoms with E-state index in [9.17, 15) is 19.5 Å². The molecule has 0 radical (unpaired) electrons. The molecule has 0 saturated heterocycles. The average Bonchev–Trinajstić information content (AvgIpc) is 2.61. The van der Waals surface area contributed by atoms with E-state index in [1.54, 1.807) is 13.0 Å². The molecule has 156 valence electrons. The Morgan fingerprint density at radius 2 is 2.07 bits per heavy atom. The normalized spacial score (nSPS) is 14.7. The molecule has 1 aliphatic heterocycles. The molecule has 29 heavy (non-hydrogen) atoms. The van der Waals surface area contributed by atoms with E-state index < -0.39 is 11.6 Å². The third kappa shape index (κ3) is 4.88. The van der Waals surface area contributed by atoms with Gasteiger partial charge in [-0.1, -0.05) is 0 Å². The van der Waals surface area contributed by atoms with Crippen LogP contribution >= 0.6 is 0 Å². The number of hydrogen-bond donors (Lipinski definition) is 1. The van der Waals surface area contributed by atoms with E-state index in [-0.39, 0.29) is 37.5 Å². The Kier molecular flexibility index (Phi) is 5.81. The largest absolute Gasteiger partial charge is 0.550 e. The first-order valence-corrected chi connectivity index (χ1v) is 9.55. The molecule has 0 fully saturated rings. The second-order valence-electron chi connectivity index (χ2n) is 7.78. The van der Waals surface area contributed by atoms with Gasteiger partial charge in [0.05, 0.1) is 5.39 Å². The fourth-order valence-electron chi connectivity index (χ4n) is 3.39. The highest BCUT2D eigenvalue weighted by atomic mass is 16.5. The molecule has 0 spiro atoms. The van der Waals surface area contributed by atoms with E-state index in [0.717, 1.165) is 12.0 Å². The maximum atomic E-state index is 12.0. The van der Waals surface area contributed by atoms with Gasteiger partial charge in [0, 0.05) is 30.2 Å². The number of amides is 1. The highest BCUT2D eigenvalue weighted by Crippen LogP contribution is 2.42. The molecule has 1 aromatic carbocycles. The van der Waals surface area contributed by atoms with E-state index in [2.05, 4.69) is 5.32 Å². The van der Waals surface area contributed by atoms with Crippen LogP contribution in [-0.4, -0.2) is 30.6 Å². The molecule has 0 aliphatic carbocycles. The Bertz CT molecular complexity index is 1010. The Hall–Kier alpha value is -3.03. The Morgan fingerprint density at radius 3 is 2.79 bits per heavy atom. The lowest BCUT2D eigenvalue weighted by molar-refractivity contribution is -0.305. The number of ether oxygens (including phenoxy) is 2. The van der Waals surface area contributed by atoms with E-state index in [4.69, 9.17) is 13.9 Å². The fourth-order valence-corrected chi connectivity index (χ4v) is 3.39. The molecule has 8 heteroatoms. The van der Waals surface area contributed by atoms with Crippen molar-refractivity contribution < 1.29 is 28.6 Å². The van der Waals surface area contributed by atoms with Gasteiger partial charge in [-0.05, 0) is 52.0 Å². The van der Waals surface area contributed by atoms with Gasteiger partial charge in [0.2, 0.25) is 0 Å². The zero-order valence-electron chi connectivity index (χ0n) is 16.8. The summed E-state index contributed by atoms with van der Waals surface area (Å²) in [7, 11) is 0. The van der Waals surface area contributed by atoms with Gasteiger partial charge in [-0.25, -0.2) is 4.79 Å². The minimum atomic E-state index is -1.16. The van der Waals surface area contributed by atoms with Crippen LogP contribution in [0.5, 0.6) is 11.5 Å². The molecule has 3 rings (SSSR count). The average molecular weight is 402 g/mol. The van der Waals surface area contributed by atoms with Gasteiger partial charge in [-0.3, -0.25) is 4.79 Å². The summed E-state index contributed by atoms with van der Waals surface area (Å²) in [5, 5.41) is 13.6. The third-order valence-corrected chi connectivity index (χ3v) is 4.84. The SMILES string of the molecule is Cc1cc(=O)oc2c3c(cc(OCC(=O)NCCCC(=O)[O-])c12)OC(C)(C)CC3. The molecule has 2 aromatic rings. The van der Waals surface area contributed by atoms with Gasteiger partial charge in [-0.2, -0.15) is 0 Å². The first kappa shape index (κ1) is 20.7. The third-order valence-electron chi connectivity index (χ3n) is 4.84. The molecule has 0 saturated carbocycles. The lowest BCUT2D eigenvalue weighted by Gasteiger charge is -2.33. The predicted octanol–water partition coefficient (Wildman–Crippen LogP) is 1.23. The topological polar surface area (TPSA) is 118 Å². The van der Waals surface area contributed by atoms with Crippen molar-refractivity contribution in [3.05, 3.63) is 33.7 Å². The van der Waals surface area contributed by atoms with Crippen molar-refractivity contribution in [2.45, 2.75) is 52.1 Å². The van der Waals surface area contributed by atoms with Crippen LogP contribution < -0.4 is 25.5 Å². The molecule has 0 atom stereocenters. The molecule has 2 heterocycles. The van der Waals surface area contributed by atoms with Crippen molar-refractivity contribution in [2.24, 2.45) is 0 Å². The molecule has 0 unspecified atom stereocenters. The number of hydrogen-bond acceptors (Lipinski definition) is 7. The smallest absolute Gasteiger partial charge is 0.336 e. The summed E-state index contributed by atoms with van der Waals surface area (Å²) >= 11 is 0. The monoisotopic (exact) mass is 402 g/mol. The number of carbonyl (C=O) groups is 2. The van der Waals surface area contributed by atoms with Crippen LogP contribution in [0.2, 0.25) is 0 Å². The fraction of sp³-hybridized carbons (Fsp3) is 0.476. The summed E-state index contributed by atoms with van der Waals surface area (Å²) in [4.78, 5) is 34.4.